The van der Waals surface area contributed by atoms with Crippen LogP contribution in [0.2, 0.25) is 0 Å². The summed E-state index contributed by atoms with van der Waals surface area (Å²) in [5, 5.41) is 2.81. The van der Waals surface area contributed by atoms with Crippen LogP contribution in [0.3, 0.4) is 0 Å². The van der Waals surface area contributed by atoms with Crippen molar-refractivity contribution in [3.63, 3.8) is 0 Å². The Kier molecular flexibility index (Phi) is 5.88. The quantitative estimate of drug-likeness (QED) is 0.756. The zero-order valence-electron chi connectivity index (χ0n) is 12.1. The molecule has 5 nitrogen and oxygen atoms in total. The summed E-state index contributed by atoms with van der Waals surface area (Å²) in [6, 6.07) is 3.45. The van der Waals surface area contributed by atoms with Crippen LogP contribution in [0.1, 0.15) is 33.6 Å². The Hall–Kier alpha value is -1.69. The van der Waals surface area contributed by atoms with Gasteiger partial charge in [0.25, 0.3) is 0 Å². The summed E-state index contributed by atoms with van der Waals surface area (Å²) in [4.78, 5) is 16.7. The van der Waals surface area contributed by atoms with Crippen LogP contribution in [0.25, 0.3) is 0 Å². The number of nitrogens with two attached hydrogens (primary N) is 1. The Balaban J connectivity index is 2.86. The van der Waals surface area contributed by atoms with E-state index in [4.69, 9.17) is 22.7 Å². The first-order chi connectivity index (χ1) is 9.50. The van der Waals surface area contributed by atoms with Gasteiger partial charge in [-0.3, -0.25) is 4.79 Å². The van der Waals surface area contributed by atoms with E-state index in [2.05, 4.69) is 10.3 Å². The molecule has 0 saturated heterocycles. The maximum absolute atomic E-state index is 12.4. The van der Waals surface area contributed by atoms with E-state index in [1.54, 1.807) is 18.3 Å². The summed E-state index contributed by atoms with van der Waals surface area (Å²) in [6.07, 6.45) is 2.68. The zero-order chi connectivity index (χ0) is 15.2. The first-order valence-corrected chi connectivity index (χ1v) is 7.11. The van der Waals surface area contributed by atoms with E-state index in [1.165, 1.54) is 0 Å². The molecule has 0 spiro atoms. The van der Waals surface area contributed by atoms with Crippen molar-refractivity contribution in [3.05, 3.63) is 18.3 Å². The minimum atomic E-state index is -0.812. The minimum Gasteiger partial charge on any atom is -0.478 e. The summed E-state index contributed by atoms with van der Waals surface area (Å²) < 4.78 is 5.25. The number of aromatic nitrogens is 1. The van der Waals surface area contributed by atoms with Crippen molar-refractivity contribution in [2.45, 2.75) is 33.6 Å². The molecule has 0 radical (unpaired) electrons. The highest BCUT2D eigenvalue weighted by Crippen LogP contribution is 2.29. The predicted octanol–water partition coefficient (Wildman–Crippen LogP) is 2.51. The van der Waals surface area contributed by atoms with Crippen molar-refractivity contribution in [3.8, 4) is 5.88 Å². The molecular formula is C14H21N3O2S. The number of carbonyl (C=O) groups excluding carboxylic acids is 1. The molecule has 0 aromatic carbocycles. The smallest absolute Gasteiger partial charge is 0.237 e. The molecule has 0 unspecified atom stereocenters. The Bertz CT molecular complexity index is 470. The van der Waals surface area contributed by atoms with Crippen molar-refractivity contribution < 1.29 is 9.53 Å². The molecule has 0 saturated carbocycles. The molecule has 6 heteroatoms. The van der Waals surface area contributed by atoms with Crippen molar-refractivity contribution >= 4 is 28.8 Å². The zero-order valence-corrected chi connectivity index (χ0v) is 12.9. The van der Waals surface area contributed by atoms with E-state index in [9.17, 15) is 4.79 Å². The van der Waals surface area contributed by atoms with Gasteiger partial charge in [0.2, 0.25) is 11.8 Å². The van der Waals surface area contributed by atoms with Gasteiger partial charge in [-0.15, -0.1) is 0 Å². The van der Waals surface area contributed by atoms with Gasteiger partial charge in [-0.25, -0.2) is 4.98 Å². The molecule has 0 bridgehead atoms. The van der Waals surface area contributed by atoms with E-state index < -0.39 is 5.41 Å². The third kappa shape index (κ3) is 3.45. The van der Waals surface area contributed by atoms with Gasteiger partial charge in [0, 0.05) is 6.07 Å². The minimum absolute atomic E-state index is 0.194. The fourth-order valence-corrected chi connectivity index (χ4v) is 2.35. The van der Waals surface area contributed by atoms with Gasteiger partial charge >= 0.3 is 0 Å². The van der Waals surface area contributed by atoms with Crippen molar-refractivity contribution in [2.75, 3.05) is 11.9 Å². The number of thiocarbonyl (C=S) groups is 1. The lowest BCUT2D eigenvalue weighted by Gasteiger charge is -2.28. The number of nitrogens with zero attached hydrogens (tertiary/aromatic N) is 1. The SMILES string of the molecule is CCOc1ccc(NC(=O)C(CC)(CC)C(N)=S)cn1. The second kappa shape index (κ2) is 7.19. The molecule has 1 aromatic heterocycles. The molecule has 110 valence electrons. The van der Waals surface area contributed by atoms with E-state index >= 15 is 0 Å². The van der Waals surface area contributed by atoms with Gasteiger partial charge in [0.05, 0.1) is 28.9 Å². The molecule has 3 N–H and O–H groups in total. The van der Waals surface area contributed by atoms with Crippen LogP contribution >= 0.6 is 12.2 Å². The number of ether oxygens (including phenoxy) is 1. The molecule has 1 amide bonds. The average molecular weight is 295 g/mol. The van der Waals surface area contributed by atoms with E-state index in [1.807, 2.05) is 20.8 Å². The monoisotopic (exact) mass is 295 g/mol. The molecular weight excluding hydrogens is 274 g/mol. The fourth-order valence-electron chi connectivity index (χ4n) is 1.97. The van der Waals surface area contributed by atoms with Crippen LogP contribution in [0.5, 0.6) is 5.88 Å². The van der Waals surface area contributed by atoms with Crippen LogP contribution in [0, 0.1) is 5.41 Å². The fraction of sp³-hybridized carbons (Fsp3) is 0.500. The second-order valence-electron chi connectivity index (χ2n) is 4.43. The first kappa shape index (κ1) is 16.4. The van der Waals surface area contributed by atoms with Gasteiger partial charge in [-0.2, -0.15) is 0 Å². The Morgan fingerprint density at radius 1 is 1.40 bits per heavy atom. The van der Waals surface area contributed by atoms with Crippen molar-refractivity contribution in [1.29, 1.82) is 0 Å². The standard InChI is InChI=1S/C14H21N3O2S/c1-4-14(5-2,12(15)20)13(18)17-10-7-8-11(16-9-10)19-6-3/h7-9H,4-6H2,1-3H3,(H2,15,20)(H,17,18). The van der Waals surface area contributed by atoms with Crippen LogP contribution < -0.4 is 15.8 Å². The number of anilines is 1. The lowest BCUT2D eigenvalue weighted by molar-refractivity contribution is -0.122. The van der Waals surface area contributed by atoms with Gasteiger partial charge in [-0.1, -0.05) is 26.1 Å². The lowest BCUT2D eigenvalue weighted by atomic mass is 9.81. The lowest BCUT2D eigenvalue weighted by Crippen LogP contribution is -2.45. The molecule has 0 aliphatic rings. The van der Waals surface area contributed by atoms with E-state index in [0.717, 1.165) is 0 Å². The molecule has 20 heavy (non-hydrogen) atoms. The molecule has 0 aliphatic carbocycles. The largest absolute Gasteiger partial charge is 0.478 e. The summed E-state index contributed by atoms with van der Waals surface area (Å²) in [7, 11) is 0. The molecule has 0 aliphatic heterocycles. The van der Waals surface area contributed by atoms with Crippen LogP contribution in [0.4, 0.5) is 5.69 Å². The third-order valence-electron chi connectivity index (χ3n) is 3.40. The van der Waals surface area contributed by atoms with Crippen LogP contribution in [-0.2, 0) is 4.79 Å². The maximum Gasteiger partial charge on any atom is 0.237 e. The average Bonchev–Trinajstić information content (AvgIpc) is 2.43. The molecule has 0 fully saturated rings. The molecule has 1 rings (SSSR count). The summed E-state index contributed by atoms with van der Waals surface area (Å²) in [5.74, 6) is 0.332. The highest BCUT2D eigenvalue weighted by Gasteiger charge is 2.38. The van der Waals surface area contributed by atoms with Gasteiger partial charge in [0.1, 0.15) is 0 Å². The number of rotatable bonds is 7. The number of carbonyl (C=O) groups is 1. The first-order valence-electron chi connectivity index (χ1n) is 6.70. The molecule has 1 heterocycles. The summed E-state index contributed by atoms with van der Waals surface area (Å²) in [5.41, 5.74) is 5.53. The van der Waals surface area contributed by atoms with Gasteiger partial charge in [-0.05, 0) is 25.8 Å². The number of nitrogens with one attached hydrogen (secondary N) is 1. The second-order valence-corrected chi connectivity index (χ2v) is 4.87. The van der Waals surface area contributed by atoms with Crippen LogP contribution in [0.15, 0.2) is 18.3 Å². The topological polar surface area (TPSA) is 77.2 Å². The third-order valence-corrected chi connectivity index (χ3v) is 3.79. The molecule has 1 aromatic rings. The number of hydrogen-bond donors (Lipinski definition) is 2. The van der Waals surface area contributed by atoms with Crippen molar-refractivity contribution in [1.82, 2.24) is 4.98 Å². The number of pyridine rings is 1. The number of amides is 1. The summed E-state index contributed by atoms with van der Waals surface area (Å²) >= 11 is 5.06. The Morgan fingerprint density at radius 3 is 2.45 bits per heavy atom. The van der Waals surface area contributed by atoms with E-state index in [0.29, 0.717) is 31.0 Å². The number of hydrogen-bond acceptors (Lipinski definition) is 4. The molecule has 0 atom stereocenters. The Morgan fingerprint density at radius 2 is 2.05 bits per heavy atom. The highest BCUT2D eigenvalue weighted by molar-refractivity contribution is 7.80. The predicted molar refractivity (Wildman–Crippen MR) is 83.8 cm³/mol. The normalized spacial score (nSPS) is 10.9. The van der Waals surface area contributed by atoms with E-state index in [-0.39, 0.29) is 10.9 Å². The maximum atomic E-state index is 12.4. The van der Waals surface area contributed by atoms with Gasteiger partial charge < -0.3 is 15.8 Å². The van der Waals surface area contributed by atoms with Crippen molar-refractivity contribution in [2.24, 2.45) is 11.1 Å². The van der Waals surface area contributed by atoms with Gasteiger partial charge in [0.15, 0.2) is 0 Å². The van der Waals surface area contributed by atoms with Crippen LogP contribution in [-0.4, -0.2) is 22.5 Å². The summed E-state index contributed by atoms with van der Waals surface area (Å²) in [6.45, 7) is 6.24. The Labute approximate surface area is 124 Å². The highest BCUT2D eigenvalue weighted by atomic mass is 32.1.